The highest BCUT2D eigenvalue weighted by atomic mass is 35.5. The number of methoxy groups -OCH3 is 1. The van der Waals surface area contributed by atoms with Crippen LogP contribution in [0.2, 0.25) is 5.02 Å². The van der Waals surface area contributed by atoms with Crippen LogP contribution in [0, 0.1) is 12.8 Å². The number of benzene rings is 2. The SMILES string of the molecule is COCCNC(=O)C1CCN(Cc2ccccc2-c2ccc(C)c(Cl)c2)CC1. The molecule has 0 radical (unpaired) electrons. The summed E-state index contributed by atoms with van der Waals surface area (Å²) in [4.78, 5) is 14.7. The maximum atomic E-state index is 12.2. The number of piperidine rings is 1. The molecule has 28 heavy (non-hydrogen) atoms. The van der Waals surface area contributed by atoms with E-state index in [4.69, 9.17) is 16.3 Å². The number of amides is 1. The van der Waals surface area contributed by atoms with Crippen LogP contribution >= 0.6 is 11.6 Å². The minimum atomic E-state index is 0.110. The van der Waals surface area contributed by atoms with Crippen LogP contribution < -0.4 is 5.32 Å². The summed E-state index contributed by atoms with van der Waals surface area (Å²) >= 11 is 6.34. The van der Waals surface area contributed by atoms with Gasteiger partial charge in [0, 0.05) is 31.1 Å². The lowest BCUT2D eigenvalue weighted by molar-refractivity contribution is -0.126. The number of ether oxygens (including phenoxy) is 1. The zero-order valence-electron chi connectivity index (χ0n) is 16.7. The Kier molecular flexibility index (Phi) is 7.49. The molecule has 2 aromatic rings. The second kappa shape index (κ2) is 10.1. The van der Waals surface area contributed by atoms with Gasteiger partial charge in [0.2, 0.25) is 5.91 Å². The van der Waals surface area contributed by atoms with Crippen LogP contribution in [-0.2, 0) is 16.1 Å². The fraction of sp³-hybridized carbons (Fsp3) is 0.435. The maximum absolute atomic E-state index is 12.2. The van der Waals surface area contributed by atoms with Gasteiger partial charge in [-0.3, -0.25) is 9.69 Å². The van der Waals surface area contributed by atoms with E-state index in [9.17, 15) is 4.79 Å². The van der Waals surface area contributed by atoms with Crippen molar-refractivity contribution in [2.75, 3.05) is 33.4 Å². The third-order valence-corrected chi connectivity index (χ3v) is 5.87. The van der Waals surface area contributed by atoms with E-state index in [2.05, 4.69) is 46.6 Å². The van der Waals surface area contributed by atoms with E-state index in [-0.39, 0.29) is 11.8 Å². The van der Waals surface area contributed by atoms with E-state index in [1.165, 1.54) is 11.1 Å². The van der Waals surface area contributed by atoms with Gasteiger partial charge in [0.25, 0.3) is 0 Å². The Morgan fingerprint density at radius 1 is 1.21 bits per heavy atom. The van der Waals surface area contributed by atoms with Crippen molar-refractivity contribution in [2.24, 2.45) is 5.92 Å². The lowest BCUT2D eigenvalue weighted by Gasteiger charge is -2.31. The molecule has 0 atom stereocenters. The Balaban J connectivity index is 1.61. The van der Waals surface area contributed by atoms with E-state index >= 15 is 0 Å². The second-order valence-corrected chi connectivity index (χ2v) is 7.86. The average molecular weight is 401 g/mol. The number of nitrogens with zero attached hydrogens (tertiary/aromatic N) is 1. The third-order valence-electron chi connectivity index (χ3n) is 5.46. The van der Waals surface area contributed by atoms with Crippen molar-refractivity contribution in [3.8, 4) is 11.1 Å². The molecule has 1 aliphatic heterocycles. The Morgan fingerprint density at radius 2 is 1.96 bits per heavy atom. The van der Waals surface area contributed by atoms with E-state index < -0.39 is 0 Å². The summed E-state index contributed by atoms with van der Waals surface area (Å²) in [5, 5.41) is 3.76. The molecular formula is C23H29ClN2O2. The molecule has 1 saturated heterocycles. The molecule has 3 rings (SSSR count). The van der Waals surface area contributed by atoms with Crippen LogP contribution in [0.5, 0.6) is 0 Å². The van der Waals surface area contributed by atoms with Crippen molar-refractivity contribution in [2.45, 2.75) is 26.3 Å². The molecule has 150 valence electrons. The fourth-order valence-electron chi connectivity index (χ4n) is 3.71. The summed E-state index contributed by atoms with van der Waals surface area (Å²) < 4.78 is 4.99. The van der Waals surface area contributed by atoms with Gasteiger partial charge in [0.1, 0.15) is 0 Å². The molecule has 0 saturated carbocycles. The van der Waals surface area contributed by atoms with Gasteiger partial charge in [-0.15, -0.1) is 0 Å². The van der Waals surface area contributed by atoms with E-state index in [0.717, 1.165) is 48.6 Å². The highest BCUT2D eigenvalue weighted by Crippen LogP contribution is 2.29. The Hall–Kier alpha value is -1.88. The van der Waals surface area contributed by atoms with Crippen LogP contribution in [-0.4, -0.2) is 44.2 Å². The molecule has 2 aromatic carbocycles. The second-order valence-electron chi connectivity index (χ2n) is 7.46. The number of aryl methyl sites for hydroxylation is 1. The van der Waals surface area contributed by atoms with Gasteiger partial charge in [-0.1, -0.05) is 48.0 Å². The standard InChI is InChI=1S/C23H29ClN2O2/c1-17-7-8-19(15-22(17)24)21-6-4-3-5-20(21)16-26-12-9-18(10-13-26)23(27)25-11-14-28-2/h3-8,15,18H,9-14,16H2,1-2H3,(H,25,27). The largest absolute Gasteiger partial charge is 0.383 e. The molecule has 0 aliphatic carbocycles. The van der Waals surface area contributed by atoms with Crippen molar-refractivity contribution in [1.82, 2.24) is 10.2 Å². The molecule has 1 N–H and O–H groups in total. The molecule has 0 unspecified atom stereocenters. The minimum Gasteiger partial charge on any atom is -0.383 e. The van der Waals surface area contributed by atoms with Crippen LogP contribution in [0.4, 0.5) is 0 Å². The lowest BCUT2D eigenvalue weighted by atomic mass is 9.94. The van der Waals surface area contributed by atoms with Crippen LogP contribution in [0.3, 0.4) is 0 Å². The highest BCUT2D eigenvalue weighted by molar-refractivity contribution is 6.31. The zero-order valence-corrected chi connectivity index (χ0v) is 17.5. The number of carbonyl (C=O) groups is 1. The smallest absolute Gasteiger partial charge is 0.223 e. The summed E-state index contributed by atoms with van der Waals surface area (Å²) in [6, 6.07) is 14.8. The van der Waals surface area contributed by atoms with Crippen LogP contribution in [0.15, 0.2) is 42.5 Å². The molecule has 1 amide bonds. The number of halogens is 1. The van der Waals surface area contributed by atoms with Gasteiger partial charge >= 0.3 is 0 Å². The van der Waals surface area contributed by atoms with E-state index in [1.807, 2.05) is 13.0 Å². The van der Waals surface area contributed by atoms with Crippen molar-refractivity contribution in [1.29, 1.82) is 0 Å². The van der Waals surface area contributed by atoms with Crippen molar-refractivity contribution < 1.29 is 9.53 Å². The van der Waals surface area contributed by atoms with Gasteiger partial charge in [0.05, 0.1) is 6.61 Å². The summed E-state index contributed by atoms with van der Waals surface area (Å²) in [6.45, 7) is 5.93. The predicted molar refractivity (Wildman–Crippen MR) is 115 cm³/mol. The monoisotopic (exact) mass is 400 g/mol. The van der Waals surface area contributed by atoms with Crippen molar-refractivity contribution in [3.05, 3.63) is 58.6 Å². The lowest BCUT2D eigenvalue weighted by Crippen LogP contribution is -2.41. The number of hydrogen-bond donors (Lipinski definition) is 1. The Labute approximate surface area is 172 Å². The van der Waals surface area contributed by atoms with Gasteiger partial charge in [0.15, 0.2) is 0 Å². The Bertz CT molecular complexity index is 801. The number of carbonyl (C=O) groups excluding carboxylic acids is 1. The first-order valence-electron chi connectivity index (χ1n) is 9.92. The summed E-state index contributed by atoms with van der Waals surface area (Å²) in [7, 11) is 1.65. The topological polar surface area (TPSA) is 41.6 Å². The predicted octanol–water partition coefficient (Wildman–Crippen LogP) is 4.29. The van der Waals surface area contributed by atoms with Crippen LogP contribution in [0.1, 0.15) is 24.0 Å². The van der Waals surface area contributed by atoms with Gasteiger partial charge in [-0.25, -0.2) is 0 Å². The summed E-state index contributed by atoms with van der Waals surface area (Å²) in [5.74, 6) is 0.269. The molecule has 1 fully saturated rings. The molecule has 0 aromatic heterocycles. The average Bonchev–Trinajstić information content (AvgIpc) is 2.71. The number of likely N-dealkylation sites (tertiary alicyclic amines) is 1. The maximum Gasteiger partial charge on any atom is 0.223 e. The molecule has 1 aliphatic rings. The molecule has 0 bridgehead atoms. The molecule has 0 spiro atoms. The minimum absolute atomic E-state index is 0.110. The van der Waals surface area contributed by atoms with Crippen molar-refractivity contribution >= 4 is 17.5 Å². The van der Waals surface area contributed by atoms with Gasteiger partial charge in [-0.05, 0) is 61.2 Å². The summed E-state index contributed by atoms with van der Waals surface area (Å²) in [6.07, 6.45) is 1.80. The molecular weight excluding hydrogens is 372 g/mol. The van der Waals surface area contributed by atoms with E-state index in [1.54, 1.807) is 7.11 Å². The summed E-state index contributed by atoms with van der Waals surface area (Å²) in [5.41, 5.74) is 4.77. The number of nitrogens with one attached hydrogen (secondary N) is 1. The van der Waals surface area contributed by atoms with Crippen LogP contribution in [0.25, 0.3) is 11.1 Å². The number of rotatable bonds is 7. The van der Waals surface area contributed by atoms with Gasteiger partial charge in [-0.2, -0.15) is 0 Å². The molecule has 1 heterocycles. The first-order chi connectivity index (χ1) is 13.6. The van der Waals surface area contributed by atoms with E-state index in [0.29, 0.717) is 13.2 Å². The first-order valence-corrected chi connectivity index (χ1v) is 10.3. The zero-order chi connectivity index (χ0) is 19.9. The fourth-order valence-corrected chi connectivity index (χ4v) is 3.90. The molecule has 5 heteroatoms. The first kappa shape index (κ1) is 20.8. The molecule has 4 nitrogen and oxygen atoms in total. The Morgan fingerprint density at radius 3 is 2.68 bits per heavy atom. The number of hydrogen-bond acceptors (Lipinski definition) is 3. The highest BCUT2D eigenvalue weighted by Gasteiger charge is 2.25. The van der Waals surface area contributed by atoms with Gasteiger partial charge < -0.3 is 10.1 Å². The van der Waals surface area contributed by atoms with Crippen molar-refractivity contribution in [3.63, 3.8) is 0 Å². The quantitative estimate of drug-likeness (QED) is 0.705. The normalized spacial score (nSPS) is 15.5. The third kappa shape index (κ3) is 5.34.